The van der Waals surface area contributed by atoms with Crippen LogP contribution in [0.2, 0.25) is 0 Å². The minimum absolute atomic E-state index is 0. The van der Waals surface area contributed by atoms with Crippen molar-refractivity contribution in [2.45, 2.75) is 32.7 Å². The quantitative estimate of drug-likeness (QED) is 0.428. The molecule has 2 aliphatic rings. The SMILES string of the molecule is CN=C(NCC1CCc2nnc(C)n2C1)N1CCC(COC)C1.I. The van der Waals surface area contributed by atoms with Crippen molar-refractivity contribution < 1.29 is 4.74 Å². The third-order valence-electron chi connectivity index (χ3n) is 4.98. The van der Waals surface area contributed by atoms with E-state index in [-0.39, 0.29) is 24.0 Å². The average Bonchev–Trinajstić information content (AvgIpc) is 3.16. The van der Waals surface area contributed by atoms with Crippen LogP contribution in [0.1, 0.15) is 24.5 Å². The lowest BCUT2D eigenvalue weighted by Gasteiger charge is -2.27. The molecule has 2 aliphatic heterocycles. The van der Waals surface area contributed by atoms with Crippen LogP contribution in [-0.2, 0) is 17.7 Å². The standard InChI is InChI=1S/C16H28N6O.HI/c1-12-19-20-15-5-4-13(10-22(12)15)8-18-16(17-2)21-7-6-14(9-21)11-23-3;/h13-14H,4-11H2,1-3H3,(H,17,18);1H. The summed E-state index contributed by atoms with van der Waals surface area (Å²) in [4.78, 5) is 6.81. The Kier molecular flexibility index (Phi) is 7.27. The second kappa shape index (κ2) is 8.98. The Hall–Kier alpha value is -0.900. The Morgan fingerprint density at radius 3 is 2.88 bits per heavy atom. The van der Waals surface area contributed by atoms with Crippen LogP contribution in [0.25, 0.3) is 0 Å². The summed E-state index contributed by atoms with van der Waals surface area (Å²) >= 11 is 0. The first-order valence-corrected chi connectivity index (χ1v) is 8.54. The first-order chi connectivity index (χ1) is 11.2. The Balaban J connectivity index is 0.00000208. The summed E-state index contributed by atoms with van der Waals surface area (Å²) in [6.45, 7) is 6.93. The monoisotopic (exact) mass is 448 g/mol. The van der Waals surface area contributed by atoms with Gasteiger partial charge in [-0.25, -0.2) is 0 Å². The zero-order valence-corrected chi connectivity index (χ0v) is 17.2. The van der Waals surface area contributed by atoms with Crippen LogP contribution in [-0.4, -0.2) is 66.0 Å². The molecule has 0 saturated carbocycles. The number of likely N-dealkylation sites (tertiary alicyclic amines) is 1. The van der Waals surface area contributed by atoms with Crippen molar-refractivity contribution in [3.8, 4) is 0 Å². The highest BCUT2D eigenvalue weighted by Gasteiger charge is 2.26. The minimum Gasteiger partial charge on any atom is -0.384 e. The van der Waals surface area contributed by atoms with Crippen molar-refractivity contribution in [1.29, 1.82) is 0 Å². The van der Waals surface area contributed by atoms with Gasteiger partial charge in [0.2, 0.25) is 0 Å². The smallest absolute Gasteiger partial charge is 0.193 e. The number of aryl methyl sites for hydroxylation is 2. The average molecular weight is 448 g/mol. The van der Waals surface area contributed by atoms with Crippen LogP contribution in [0.3, 0.4) is 0 Å². The molecule has 24 heavy (non-hydrogen) atoms. The molecule has 0 spiro atoms. The van der Waals surface area contributed by atoms with Crippen LogP contribution < -0.4 is 5.32 Å². The van der Waals surface area contributed by atoms with E-state index in [4.69, 9.17) is 4.74 Å². The lowest BCUT2D eigenvalue weighted by Crippen LogP contribution is -2.43. The maximum atomic E-state index is 5.28. The summed E-state index contributed by atoms with van der Waals surface area (Å²) in [5, 5.41) is 12.0. The van der Waals surface area contributed by atoms with Gasteiger partial charge < -0.3 is 19.5 Å². The summed E-state index contributed by atoms with van der Waals surface area (Å²) in [6, 6.07) is 0. The number of nitrogens with one attached hydrogen (secondary N) is 1. The molecule has 0 aliphatic carbocycles. The molecule has 1 aromatic rings. The number of aromatic nitrogens is 3. The second-order valence-corrected chi connectivity index (χ2v) is 6.66. The van der Waals surface area contributed by atoms with Crippen molar-refractivity contribution in [3.05, 3.63) is 11.6 Å². The molecule has 0 bridgehead atoms. The Morgan fingerprint density at radius 1 is 1.29 bits per heavy atom. The van der Waals surface area contributed by atoms with Gasteiger partial charge in [-0.2, -0.15) is 0 Å². The van der Waals surface area contributed by atoms with Crippen LogP contribution in [0.15, 0.2) is 4.99 Å². The predicted octanol–water partition coefficient (Wildman–Crippen LogP) is 1.31. The molecular weight excluding hydrogens is 419 g/mol. The summed E-state index contributed by atoms with van der Waals surface area (Å²) < 4.78 is 7.53. The summed E-state index contributed by atoms with van der Waals surface area (Å²) in [7, 11) is 3.65. The highest BCUT2D eigenvalue weighted by molar-refractivity contribution is 14.0. The number of halogens is 1. The van der Waals surface area contributed by atoms with Gasteiger partial charge in [0, 0.05) is 52.7 Å². The fraction of sp³-hybridized carbons (Fsp3) is 0.812. The molecule has 0 aromatic carbocycles. The molecular formula is C16H29IN6O. The van der Waals surface area contributed by atoms with E-state index in [1.165, 1.54) is 6.42 Å². The summed E-state index contributed by atoms with van der Waals surface area (Å²) in [5.41, 5.74) is 0. The first-order valence-electron chi connectivity index (χ1n) is 8.54. The van der Waals surface area contributed by atoms with Crippen molar-refractivity contribution in [2.75, 3.05) is 40.4 Å². The summed E-state index contributed by atoms with van der Waals surface area (Å²) in [6.07, 6.45) is 3.36. The van der Waals surface area contributed by atoms with Gasteiger partial charge in [-0.1, -0.05) is 0 Å². The first kappa shape index (κ1) is 19.4. The number of nitrogens with zero attached hydrogens (tertiary/aromatic N) is 5. The number of ether oxygens (including phenoxy) is 1. The Bertz CT molecular complexity index is 561. The van der Waals surface area contributed by atoms with Gasteiger partial charge in [0.25, 0.3) is 0 Å². The van der Waals surface area contributed by atoms with Crippen molar-refractivity contribution in [3.63, 3.8) is 0 Å². The number of aliphatic imine (C=N–C) groups is 1. The molecule has 1 saturated heterocycles. The zero-order chi connectivity index (χ0) is 16.2. The van der Waals surface area contributed by atoms with Gasteiger partial charge in [-0.3, -0.25) is 4.99 Å². The van der Waals surface area contributed by atoms with Crippen molar-refractivity contribution in [1.82, 2.24) is 25.0 Å². The van der Waals surface area contributed by atoms with Gasteiger partial charge in [0.15, 0.2) is 5.96 Å². The topological polar surface area (TPSA) is 67.6 Å². The maximum Gasteiger partial charge on any atom is 0.193 e. The van der Waals surface area contributed by atoms with Gasteiger partial charge in [-0.05, 0) is 25.7 Å². The second-order valence-electron chi connectivity index (χ2n) is 6.66. The molecule has 3 heterocycles. The highest BCUT2D eigenvalue weighted by Crippen LogP contribution is 2.20. The molecule has 136 valence electrons. The Labute approximate surface area is 161 Å². The normalized spacial score (nSPS) is 23.8. The summed E-state index contributed by atoms with van der Waals surface area (Å²) in [5.74, 6) is 4.40. The minimum atomic E-state index is 0. The molecule has 0 radical (unpaired) electrons. The van der Waals surface area contributed by atoms with E-state index in [0.29, 0.717) is 11.8 Å². The number of hydrogen-bond acceptors (Lipinski definition) is 4. The molecule has 3 rings (SSSR count). The fourth-order valence-electron chi connectivity index (χ4n) is 3.66. The Morgan fingerprint density at radius 2 is 2.12 bits per heavy atom. The van der Waals surface area contributed by atoms with Crippen LogP contribution >= 0.6 is 24.0 Å². The van der Waals surface area contributed by atoms with E-state index in [1.807, 2.05) is 14.0 Å². The van der Waals surface area contributed by atoms with Crippen molar-refractivity contribution >= 4 is 29.9 Å². The van der Waals surface area contributed by atoms with E-state index < -0.39 is 0 Å². The molecule has 0 amide bonds. The fourth-order valence-corrected chi connectivity index (χ4v) is 3.66. The molecule has 2 atom stereocenters. The maximum absolute atomic E-state index is 5.28. The third-order valence-corrected chi connectivity index (χ3v) is 4.98. The van der Waals surface area contributed by atoms with Crippen molar-refractivity contribution in [2.24, 2.45) is 16.8 Å². The number of methoxy groups -OCH3 is 1. The van der Waals surface area contributed by atoms with Crippen LogP contribution in [0.4, 0.5) is 0 Å². The third kappa shape index (κ3) is 4.38. The number of guanidine groups is 1. The lowest BCUT2D eigenvalue weighted by atomic mass is 9.99. The number of fused-ring (bicyclic) bond motifs is 1. The molecule has 7 nitrogen and oxygen atoms in total. The van der Waals surface area contributed by atoms with E-state index in [0.717, 1.165) is 63.2 Å². The van der Waals surface area contributed by atoms with E-state index in [2.05, 4.69) is 30.0 Å². The zero-order valence-electron chi connectivity index (χ0n) is 14.9. The molecule has 8 heteroatoms. The highest BCUT2D eigenvalue weighted by atomic mass is 127. The van der Waals surface area contributed by atoms with Gasteiger partial charge in [0.1, 0.15) is 11.6 Å². The number of hydrogen-bond donors (Lipinski definition) is 1. The van der Waals surface area contributed by atoms with E-state index in [9.17, 15) is 0 Å². The van der Waals surface area contributed by atoms with Crippen LogP contribution in [0.5, 0.6) is 0 Å². The largest absolute Gasteiger partial charge is 0.384 e. The number of rotatable bonds is 4. The van der Waals surface area contributed by atoms with Gasteiger partial charge in [0.05, 0.1) is 6.61 Å². The molecule has 1 fully saturated rings. The lowest BCUT2D eigenvalue weighted by molar-refractivity contribution is 0.157. The van der Waals surface area contributed by atoms with Gasteiger partial charge >= 0.3 is 0 Å². The predicted molar refractivity (Wildman–Crippen MR) is 105 cm³/mol. The molecule has 1 N–H and O–H groups in total. The van der Waals surface area contributed by atoms with Gasteiger partial charge in [-0.15, -0.1) is 34.2 Å². The van der Waals surface area contributed by atoms with E-state index in [1.54, 1.807) is 7.11 Å². The molecule has 2 unspecified atom stereocenters. The van der Waals surface area contributed by atoms with Crippen LogP contribution in [0, 0.1) is 18.8 Å². The van der Waals surface area contributed by atoms with E-state index >= 15 is 0 Å². The molecule has 1 aromatic heterocycles.